The number of nitrogens with one attached hydrogen (secondary N) is 2. The first-order valence-electron chi connectivity index (χ1n) is 7.35. The predicted octanol–water partition coefficient (Wildman–Crippen LogP) is 2.27. The molecule has 1 aromatic carbocycles. The molecule has 108 valence electrons. The topological polar surface area (TPSA) is 54.0 Å². The number of para-hydroxylation sites is 1. The molecule has 21 heavy (non-hydrogen) atoms. The lowest BCUT2D eigenvalue weighted by atomic mass is 10.1. The molecule has 0 atom stereocenters. The minimum atomic E-state index is -0.0474. The molecule has 2 N–H and O–H groups in total. The van der Waals surface area contributed by atoms with E-state index in [1.165, 1.54) is 5.57 Å². The summed E-state index contributed by atoms with van der Waals surface area (Å²) >= 11 is 0. The zero-order valence-corrected chi connectivity index (χ0v) is 11.9. The number of nitrogens with zero attached hydrogens (tertiary/aromatic N) is 1. The molecule has 0 aliphatic carbocycles. The first-order valence-corrected chi connectivity index (χ1v) is 7.35. The van der Waals surface area contributed by atoms with Gasteiger partial charge in [0.25, 0.3) is 5.91 Å². The van der Waals surface area contributed by atoms with E-state index in [1.807, 2.05) is 30.3 Å². The number of carbonyl (C=O) groups is 1. The lowest BCUT2D eigenvalue weighted by molar-refractivity contribution is 0.0955. The maximum atomic E-state index is 12.3. The van der Waals surface area contributed by atoms with Crippen LogP contribution in [0.3, 0.4) is 0 Å². The van der Waals surface area contributed by atoms with Crippen LogP contribution in [0, 0.1) is 0 Å². The molecule has 3 rings (SSSR count). The SMILES string of the molecule is O=C(NCCC1=CCNCC1)c1cccc2cccnc12. The summed E-state index contributed by atoms with van der Waals surface area (Å²) in [6, 6.07) is 9.55. The second-order valence-electron chi connectivity index (χ2n) is 5.20. The fourth-order valence-corrected chi connectivity index (χ4v) is 2.62. The smallest absolute Gasteiger partial charge is 0.253 e. The van der Waals surface area contributed by atoms with Gasteiger partial charge >= 0.3 is 0 Å². The van der Waals surface area contributed by atoms with Crippen molar-refractivity contribution in [1.82, 2.24) is 15.6 Å². The molecule has 0 bridgehead atoms. The van der Waals surface area contributed by atoms with Crippen LogP contribution in [0.1, 0.15) is 23.2 Å². The number of amides is 1. The quantitative estimate of drug-likeness (QED) is 0.845. The summed E-state index contributed by atoms with van der Waals surface area (Å²) in [4.78, 5) is 16.6. The number of benzene rings is 1. The van der Waals surface area contributed by atoms with Crippen LogP contribution < -0.4 is 10.6 Å². The van der Waals surface area contributed by atoms with Crippen molar-refractivity contribution in [2.75, 3.05) is 19.6 Å². The first kappa shape index (κ1) is 13.8. The summed E-state index contributed by atoms with van der Waals surface area (Å²) in [7, 11) is 0. The molecule has 0 saturated heterocycles. The van der Waals surface area contributed by atoms with Gasteiger partial charge in [-0.05, 0) is 31.5 Å². The molecular formula is C17H19N3O. The molecule has 0 radical (unpaired) electrons. The molecule has 4 heteroatoms. The summed E-state index contributed by atoms with van der Waals surface area (Å²) in [5.74, 6) is -0.0474. The summed E-state index contributed by atoms with van der Waals surface area (Å²) < 4.78 is 0. The van der Waals surface area contributed by atoms with Gasteiger partial charge in [0.2, 0.25) is 0 Å². The van der Waals surface area contributed by atoms with Crippen molar-refractivity contribution in [1.29, 1.82) is 0 Å². The zero-order chi connectivity index (χ0) is 14.5. The van der Waals surface area contributed by atoms with E-state index in [9.17, 15) is 4.79 Å². The molecule has 0 spiro atoms. The molecule has 1 aliphatic heterocycles. The largest absolute Gasteiger partial charge is 0.352 e. The minimum absolute atomic E-state index is 0.0474. The molecule has 2 aromatic rings. The highest BCUT2D eigenvalue weighted by Crippen LogP contribution is 2.16. The van der Waals surface area contributed by atoms with Crippen LogP contribution in [0.25, 0.3) is 10.9 Å². The van der Waals surface area contributed by atoms with Crippen molar-refractivity contribution in [2.24, 2.45) is 0 Å². The summed E-state index contributed by atoms with van der Waals surface area (Å²) in [6.45, 7) is 2.65. The Kier molecular flexibility index (Phi) is 4.26. The Balaban J connectivity index is 1.65. The van der Waals surface area contributed by atoms with E-state index in [1.54, 1.807) is 6.20 Å². The fourth-order valence-electron chi connectivity index (χ4n) is 2.62. The maximum Gasteiger partial charge on any atom is 0.253 e. The number of pyridine rings is 1. The second-order valence-corrected chi connectivity index (χ2v) is 5.20. The first-order chi connectivity index (χ1) is 10.3. The van der Waals surface area contributed by atoms with Gasteiger partial charge in [0, 0.05) is 24.7 Å². The van der Waals surface area contributed by atoms with Crippen LogP contribution in [0.4, 0.5) is 0 Å². The Morgan fingerprint density at radius 2 is 2.19 bits per heavy atom. The van der Waals surface area contributed by atoms with Gasteiger partial charge in [0.15, 0.2) is 0 Å². The van der Waals surface area contributed by atoms with Crippen LogP contribution in [-0.2, 0) is 0 Å². The van der Waals surface area contributed by atoms with E-state index in [4.69, 9.17) is 0 Å². The van der Waals surface area contributed by atoms with Gasteiger partial charge in [-0.25, -0.2) is 0 Å². The number of carbonyl (C=O) groups excluding carboxylic acids is 1. The van der Waals surface area contributed by atoms with Gasteiger partial charge in [-0.1, -0.05) is 29.8 Å². The Morgan fingerprint density at radius 1 is 1.29 bits per heavy atom. The van der Waals surface area contributed by atoms with E-state index in [0.29, 0.717) is 12.1 Å². The Labute approximate surface area is 124 Å². The minimum Gasteiger partial charge on any atom is -0.352 e. The van der Waals surface area contributed by atoms with Gasteiger partial charge < -0.3 is 10.6 Å². The van der Waals surface area contributed by atoms with Crippen molar-refractivity contribution in [3.63, 3.8) is 0 Å². The van der Waals surface area contributed by atoms with Crippen LogP contribution in [-0.4, -0.2) is 30.5 Å². The number of rotatable bonds is 4. The number of hydrogen-bond acceptors (Lipinski definition) is 3. The van der Waals surface area contributed by atoms with Gasteiger partial charge in [-0.3, -0.25) is 9.78 Å². The highest BCUT2D eigenvalue weighted by atomic mass is 16.1. The van der Waals surface area contributed by atoms with Crippen molar-refractivity contribution in [3.8, 4) is 0 Å². The average Bonchev–Trinajstić information content (AvgIpc) is 2.55. The van der Waals surface area contributed by atoms with Crippen LogP contribution in [0.5, 0.6) is 0 Å². The van der Waals surface area contributed by atoms with Crippen LogP contribution in [0.2, 0.25) is 0 Å². The Hall–Kier alpha value is -2.20. The number of hydrogen-bond donors (Lipinski definition) is 2. The highest BCUT2D eigenvalue weighted by molar-refractivity contribution is 6.05. The summed E-state index contributed by atoms with van der Waals surface area (Å²) in [5, 5.41) is 7.28. The molecule has 4 nitrogen and oxygen atoms in total. The van der Waals surface area contributed by atoms with E-state index < -0.39 is 0 Å². The van der Waals surface area contributed by atoms with Crippen LogP contribution in [0.15, 0.2) is 48.2 Å². The van der Waals surface area contributed by atoms with Gasteiger partial charge in [-0.15, -0.1) is 0 Å². The summed E-state index contributed by atoms with van der Waals surface area (Å²) in [6.07, 6.45) is 5.94. The van der Waals surface area contributed by atoms with E-state index in [0.717, 1.165) is 36.8 Å². The van der Waals surface area contributed by atoms with E-state index in [-0.39, 0.29) is 5.91 Å². The number of aromatic nitrogens is 1. The lowest BCUT2D eigenvalue weighted by Crippen LogP contribution is -2.26. The van der Waals surface area contributed by atoms with E-state index >= 15 is 0 Å². The zero-order valence-electron chi connectivity index (χ0n) is 11.9. The summed E-state index contributed by atoms with van der Waals surface area (Å²) in [5.41, 5.74) is 2.83. The van der Waals surface area contributed by atoms with E-state index in [2.05, 4.69) is 21.7 Å². The number of fused-ring (bicyclic) bond motifs is 1. The molecule has 1 aromatic heterocycles. The maximum absolute atomic E-state index is 12.3. The molecule has 0 saturated carbocycles. The normalized spacial score (nSPS) is 14.8. The standard InChI is InChI=1S/C17H19N3O/c21-17(20-12-8-13-6-10-18-11-7-13)15-5-1-3-14-4-2-9-19-16(14)15/h1-6,9,18H,7-8,10-12H2,(H,20,21). The molecule has 1 amide bonds. The predicted molar refractivity (Wildman–Crippen MR) is 84.3 cm³/mol. The Bertz CT molecular complexity index is 673. The van der Waals surface area contributed by atoms with Crippen molar-refractivity contribution in [2.45, 2.75) is 12.8 Å². The lowest BCUT2D eigenvalue weighted by Gasteiger charge is -2.14. The Morgan fingerprint density at radius 3 is 3.05 bits per heavy atom. The molecule has 1 aliphatic rings. The molecule has 0 unspecified atom stereocenters. The third-order valence-corrected chi connectivity index (χ3v) is 3.77. The van der Waals surface area contributed by atoms with Gasteiger partial charge in [-0.2, -0.15) is 0 Å². The average molecular weight is 281 g/mol. The second kappa shape index (κ2) is 6.50. The highest BCUT2D eigenvalue weighted by Gasteiger charge is 2.10. The molecular weight excluding hydrogens is 262 g/mol. The third-order valence-electron chi connectivity index (χ3n) is 3.77. The van der Waals surface area contributed by atoms with Gasteiger partial charge in [0.05, 0.1) is 11.1 Å². The molecule has 2 heterocycles. The van der Waals surface area contributed by atoms with Crippen molar-refractivity contribution in [3.05, 3.63) is 53.7 Å². The fraction of sp³-hybridized carbons (Fsp3) is 0.294. The monoisotopic (exact) mass is 281 g/mol. The van der Waals surface area contributed by atoms with Crippen molar-refractivity contribution < 1.29 is 4.79 Å². The van der Waals surface area contributed by atoms with Crippen molar-refractivity contribution >= 4 is 16.8 Å². The third kappa shape index (κ3) is 3.28. The molecule has 0 fully saturated rings. The van der Waals surface area contributed by atoms with Gasteiger partial charge in [0.1, 0.15) is 0 Å². The van der Waals surface area contributed by atoms with Crippen LogP contribution >= 0.6 is 0 Å².